The summed E-state index contributed by atoms with van der Waals surface area (Å²) in [6, 6.07) is 9.67. The van der Waals surface area contributed by atoms with E-state index in [0.717, 1.165) is 38.5 Å². The number of hydrogen-bond donors (Lipinski definition) is 2. The summed E-state index contributed by atoms with van der Waals surface area (Å²) in [5, 5.41) is 6.92. The van der Waals surface area contributed by atoms with Crippen LogP contribution in [0.25, 0.3) is 5.70 Å². The predicted molar refractivity (Wildman–Crippen MR) is 143 cm³/mol. The van der Waals surface area contributed by atoms with Crippen molar-refractivity contribution in [2.24, 2.45) is 15.8 Å². The first-order valence-electron chi connectivity index (χ1n) is 12.9. The predicted octanol–water partition coefficient (Wildman–Crippen LogP) is 0.736. The van der Waals surface area contributed by atoms with E-state index in [9.17, 15) is 4.79 Å². The van der Waals surface area contributed by atoms with Gasteiger partial charge < -0.3 is 18.9 Å². The second-order valence-electron chi connectivity index (χ2n) is 9.55. The molecule has 4 aliphatic heterocycles. The van der Waals surface area contributed by atoms with E-state index in [0.29, 0.717) is 48.6 Å². The number of aromatic nitrogens is 1. The molecular weight excluding hydrogens is 504 g/mol. The van der Waals surface area contributed by atoms with E-state index in [4.69, 9.17) is 24.8 Å². The van der Waals surface area contributed by atoms with E-state index < -0.39 is 6.29 Å². The number of nitrogens with two attached hydrogens (primary N) is 1. The zero-order chi connectivity index (χ0) is 26.9. The molecule has 0 bridgehead atoms. The Balaban J connectivity index is 1.07. The summed E-state index contributed by atoms with van der Waals surface area (Å²) in [5.41, 5.74) is 5.21. The lowest BCUT2D eigenvalue weighted by atomic mass is 10.2. The first kappa shape index (κ1) is 25.2. The molecule has 2 fully saturated rings. The zero-order valence-electron chi connectivity index (χ0n) is 22.0. The molecule has 39 heavy (non-hydrogen) atoms. The van der Waals surface area contributed by atoms with Crippen molar-refractivity contribution < 1.29 is 18.8 Å². The fraction of sp³-hybridized carbons (Fsp3) is 0.440. The first-order chi connectivity index (χ1) is 19.0. The number of carbonyl (C=O) groups is 1. The number of methoxy groups -OCH3 is 1. The second kappa shape index (κ2) is 10.6. The number of rotatable bonds is 9. The van der Waals surface area contributed by atoms with Gasteiger partial charge in [-0.3, -0.25) is 9.80 Å². The lowest BCUT2D eigenvalue weighted by molar-refractivity contribution is 0.146. The van der Waals surface area contributed by atoms with Crippen LogP contribution in [0.5, 0.6) is 5.75 Å². The molecule has 0 saturated carbocycles. The Morgan fingerprint density at radius 2 is 1.90 bits per heavy atom. The van der Waals surface area contributed by atoms with Crippen molar-refractivity contribution in [3.05, 3.63) is 48.0 Å². The lowest BCUT2D eigenvalue weighted by Crippen LogP contribution is -2.49. The average molecular weight is 537 g/mol. The van der Waals surface area contributed by atoms with Crippen LogP contribution in [-0.2, 0) is 4.74 Å². The van der Waals surface area contributed by atoms with Gasteiger partial charge in [-0.25, -0.2) is 36.1 Å². The molecule has 6 rings (SSSR count). The van der Waals surface area contributed by atoms with Gasteiger partial charge in [0.2, 0.25) is 6.29 Å². The number of carbonyl (C=O) groups excluding carboxylic acids is 1. The number of aliphatic imine (C=N–C) groups is 2. The first-order valence-corrected chi connectivity index (χ1v) is 12.9. The largest absolute Gasteiger partial charge is 0.491 e. The zero-order valence-corrected chi connectivity index (χ0v) is 22.0. The lowest BCUT2D eigenvalue weighted by Gasteiger charge is -2.36. The summed E-state index contributed by atoms with van der Waals surface area (Å²) in [4.78, 5) is 28.8. The van der Waals surface area contributed by atoms with Crippen LogP contribution in [0.2, 0.25) is 0 Å². The number of amides is 2. The monoisotopic (exact) mass is 536 g/mol. The van der Waals surface area contributed by atoms with Crippen molar-refractivity contribution in [2.45, 2.75) is 13.2 Å². The number of piperazine rings is 1. The van der Waals surface area contributed by atoms with Gasteiger partial charge >= 0.3 is 6.03 Å². The number of hydrogen-bond acceptors (Lipinski definition) is 12. The maximum Gasteiger partial charge on any atom is 0.339 e. The third-order valence-corrected chi connectivity index (χ3v) is 7.21. The van der Waals surface area contributed by atoms with Crippen molar-refractivity contribution >= 4 is 29.1 Å². The highest BCUT2D eigenvalue weighted by atomic mass is 16.5. The number of ether oxygens (including phenoxy) is 2. The van der Waals surface area contributed by atoms with Crippen LogP contribution in [0, 0.1) is 0 Å². The fourth-order valence-electron chi connectivity index (χ4n) is 5.07. The number of amidine groups is 2. The van der Waals surface area contributed by atoms with Crippen LogP contribution in [0.1, 0.15) is 12.7 Å². The van der Waals surface area contributed by atoms with Gasteiger partial charge in [-0.2, -0.15) is 0 Å². The molecule has 14 heteroatoms. The molecule has 206 valence electrons. The van der Waals surface area contributed by atoms with E-state index in [2.05, 4.69) is 37.5 Å². The Labute approximate surface area is 225 Å². The summed E-state index contributed by atoms with van der Waals surface area (Å²) in [6.45, 7) is 7.75. The van der Waals surface area contributed by atoms with E-state index in [-0.39, 0.29) is 6.03 Å². The van der Waals surface area contributed by atoms with Crippen LogP contribution in [-0.4, -0.2) is 109 Å². The van der Waals surface area contributed by atoms with Crippen LogP contribution in [0.3, 0.4) is 0 Å². The second-order valence-corrected chi connectivity index (χ2v) is 9.55. The van der Waals surface area contributed by atoms with E-state index in [1.165, 1.54) is 10.7 Å². The van der Waals surface area contributed by atoms with Gasteiger partial charge in [0, 0.05) is 58.1 Å². The molecule has 0 radical (unpaired) electrons. The van der Waals surface area contributed by atoms with Gasteiger partial charge in [-0.15, -0.1) is 0 Å². The molecule has 2 aromatic rings. The van der Waals surface area contributed by atoms with Crippen molar-refractivity contribution in [1.29, 1.82) is 0 Å². The summed E-state index contributed by atoms with van der Waals surface area (Å²) >= 11 is 0. The SMILES string of the molecule is COCCOc1ccc(N2CCN(CCN3C(=O)NN4C5=C(c6ccno6)N=C(C)N(N)C5=NC34)CC2)cc1. The van der Waals surface area contributed by atoms with Crippen molar-refractivity contribution in [1.82, 2.24) is 30.4 Å². The Morgan fingerprint density at radius 1 is 1.10 bits per heavy atom. The number of nitrogens with zero attached hydrogens (tertiary/aromatic N) is 8. The van der Waals surface area contributed by atoms with Gasteiger partial charge in [-0.05, 0) is 31.2 Å². The fourth-order valence-corrected chi connectivity index (χ4v) is 5.07. The molecular formula is C25H32N10O4. The number of anilines is 1. The molecule has 2 amide bonds. The highest BCUT2D eigenvalue weighted by molar-refractivity contribution is 6.16. The van der Waals surface area contributed by atoms with Crippen molar-refractivity contribution in [2.75, 3.05) is 64.5 Å². The number of nitrogens with one attached hydrogen (secondary N) is 1. The minimum atomic E-state index is -0.557. The number of fused-ring (bicyclic) bond motifs is 3. The topological polar surface area (TPSA) is 141 Å². The minimum absolute atomic E-state index is 0.214. The van der Waals surface area contributed by atoms with Crippen LogP contribution in [0.4, 0.5) is 10.5 Å². The molecule has 14 nitrogen and oxygen atoms in total. The van der Waals surface area contributed by atoms with Crippen LogP contribution < -0.4 is 20.9 Å². The van der Waals surface area contributed by atoms with Gasteiger partial charge in [0.15, 0.2) is 11.6 Å². The maximum absolute atomic E-state index is 12.9. The third kappa shape index (κ3) is 4.77. The number of urea groups is 1. The van der Waals surface area contributed by atoms with Gasteiger partial charge in [0.05, 0.1) is 12.8 Å². The Bertz CT molecular complexity index is 1280. The van der Waals surface area contributed by atoms with E-state index >= 15 is 0 Å². The van der Waals surface area contributed by atoms with E-state index in [1.54, 1.807) is 36.2 Å². The van der Waals surface area contributed by atoms with Crippen LogP contribution >= 0.6 is 0 Å². The molecule has 1 unspecified atom stereocenters. The normalized spacial score (nSPS) is 21.2. The Morgan fingerprint density at radius 3 is 2.62 bits per heavy atom. The van der Waals surface area contributed by atoms with Gasteiger partial charge in [0.25, 0.3) is 0 Å². The van der Waals surface area contributed by atoms with Crippen molar-refractivity contribution in [3.63, 3.8) is 0 Å². The standard InChI is InChI=1S/C25H32N10O4/c1-17-28-21(20-7-8-27-39-20)22-23(34(17)26)29-24-33(25(36)30-35(22)24)14-11-31-9-12-32(13-10-31)18-3-5-19(6-4-18)38-16-15-37-2/h3-8,24H,9-16,26H2,1-2H3,(H,30,36). The summed E-state index contributed by atoms with van der Waals surface area (Å²) < 4.78 is 16.0. The summed E-state index contributed by atoms with van der Waals surface area (Å²) in [5.74, 6) is 8.66. The van der Waals surface area contributed by atoms with E-state index in [1.807, 2.05) is 12.1 Å². The molecule has 0 spiro atoms. The minimum Gasteiger partial charge on any atom is -0.491 e. The van der Waals surface area contributed by atoms with Crippen molar-refractivity contribution in [3.8, 4) is 5.75 Å². The smallest absolute Gasteiger partial charge is 0.339 e. The number of hydrazine groups is 2. The molecule has 1 aromatic carbocycles. The average Bonchev–Trinajstić information content (AvgIpc) is 3.68. The molecule has 5 heterocycles. The Kier molecular flexibility index (Phi) is 6.81. The van der Waals surface area contributed by atoms with Gasteiger partial charge in [-0.1, -0.05) is 5.16 Å². The molecule has 1 aromatic heterocycles. The quantitative estimate of drug-likeness (QED) is 0.348. The molecule has 3 N–H and O–H groups in total. The number of benzene rings is 1. The highest BCUT2D eigenvalue weighted by Crippen LogP contribution is 2.35. The molecule has 2 saturated heterocycles. The molecule has 1 atom stereocenters. The molecule has 0 aliphatic carbocycles. The highest BCUT2D eigenvalue weighted by Gasteiger charge is 2.48. The molecule has 4 aliphatic rings. The third-order valence-electron chi connectivity index (χ3n) is 7.21. The summed E-state index contributed by atoms with van der Waals surface area (Å²) in [6.07, 6.45) is 0.993. The van der Waals surface area contributed by atoms with Gasteiger partial charge in [0.1, 0.15) is 29.6 Å². The Hall–Kier alpha value is -4.14. The van der Waals surface area contributed by atoms with Crippen LogP contribution in [0.15, 0.2) is 56.7 Å². The maximum atomic E-state index is 12.9. The summed E-state index contributed by atoms with van der Waals surface area (Å²) in [7, 11) is 1.66.